The fourth-order valence-electron chi connectivity index (χ4n) is 2.65. The Morgan fingerprint density at radius 2 is 1.75 bits per heavy atom. The Kier molecular flexibility index (Phi) is 4.96. The molecule has 0 unspecified atom stereocenters. The van der Waals surface area contributed by atoms with E-state index >= 15 is 0 Å². The zero-order chi connectivity index (χ0) is 14.5. The second-order valence-electron chi connectivity index (χ2n) is 5.33. The summed E-state index contributed by atoms with van der Waals surface area (Å²) in [4.78, 5) is 0. The standard InChI is InChI=1S/C17H25N3/c1-5-17-13(2)19-20(14(17)3)12-16-8-6-15(7-9-16)10-11-18-4/h6-9,18H,5,10-12H2,1-4H3. The quantitative estimate of drug-likeness (QED) is 0.875. The fraction of sp³-hybridized carbons (Fsp3) is 0.471. The van der Waals surface area contributed by atoms with Gasteiger partial charge in [0, 0.05) is 5.69 Å². The number of likely N-dealkylation sites (N-methyl/N-ethyl adjacent to an activating group) is 1. The molecular weight excluding hydrogens is 246 g/mol. The number of nitrogens with one attached hydrogen (secondary N) is 1. The SMILES string of the molecule is CCc1c(C)nn(Cc2ccc(CCNC)cc2)c1C. The highest BCUT2D eigenvalue weighted by atomic mass is 15.3. The van der Waals surface area contributed by atoms with Crippen LogP contribution in [-0.4, -0.2) is 23.4 Å². The minimum absolute atomic E-state index is 0.860. The molecule has 0 aliphatic carbocycles. The van der Waals surface area contributed by atoms with Gasteiger partial charge in [0.2, 0.25) is 0 Å². The van der Waals surface area contributed by atoms with Crippen LogP contribution in [0.2, 0.25) is 0 Å². The summed E-state index contributed by atoms with van der Waals surface area (Å²) < 4.78 is 2.12. The average molecular weight is 271 g/mol. The van der Waals surface area contributed by atoms with Crippen LogP contribution < -0.4 is 5.32 Å². The Balaban J connectivity index is 2.10. The maximum absolute atomic E-state index is 4.65. The van der Waals surface area contributed by atoms with Gasteiger partial charge in [-0.25, -0.2) is 0 Å². The molecule has 1 aromatic carbocycles. The molecule has 0 radical (unpaired) electrons. The molecule has 1 heterocycles. The minimum Gasteiger partial charge on any atom is -0.319 e. The smallest absolute Gasteiger partial charge is 0.0662 e. The number of aryl methyl sites for hydroxylation is 1. The van der Waals surface area contributed by atoms with Gasteiger partial charge in [-0.3, -0.25) is 4.68 Å². The summed E-state index contributed by atoms with van der Waals surface area (Å²) in [6.07, 6.45) is 2.14. The Labute approximate surface area is 122 Å². The Morgan fingerprint density at radius 3 is 2.30 bits per heavy atom. The zero-order valence-electron chi connectivity index (χ0n) is 13.0. The monoisotopic (exact) mass is 271 g/mol. The van der Waals surface area contributed by atoms with Crippen LogP contribution in [0.5, 0.6) is 0 Å². The van der Waals surface area contributed by atoms with E-state index < -0.39 is 0 Å². The van der Waals surface area contributed by atoms with Gasteiger partial charge in [0.25, 0.3) is 0 Å². The molecule has 108 valence electrons. The normalized spacial score (nSPS) is 11.0. The first kappa shape index (κ1) is 14.8. The molecular formula is C17H25N3. The van der Waals surface area contributed by atoms with Crippen molar-refractivity contribution in [2.24, 2.45) is 0 Å². The number of nitrogens with zero attached hydrogens (tertiary/aromatic N) is 2. The molecule has 3 nitrogen and oxygen atoms in total. The summed E-state index contributed by atoms with van der Waals surface area (Å²) in [5.74, 6) is 0. The van der Waals surface area contributed by atoms with Crippen molar-refractivity contribution in [1.82, 2.24) is 15.1 Å². The van der Waals surface area contributed by atoms with Crippen LogP contribution in [0.25, 0.3) is 0 Å². The van der Waals surface area contributed by atoms with E-state index in [-0.39, 0.29) is 0 Å². The molecule has 0 bridgehead atoms. The lowest BCUT2D eigenvalue weighted by atomic mass is 10.1. The van der Waals surface area contributed by atoms with Crippen molar-refractivity contribution in [3.63, 3.8) is 0 Å². The number of aromatic nitrogens is 2. The molecule has 0 spiro atoms. The van der Waals surface area contributed by atoms with E-state index in [1.807, 2.05) is 7.05 Å². The molecule has 3 heteroatoms. The number of hydrogen-bond acceptors (Lipinski definition) is 2. The predicted octanol–water partition coefficient (Wildman–Crippen LogP) is 2.87. The van der Waals surface area contributed by atoms with E-state index in [1.54, 1.807) is 0 Å². The van der Waals surface area contributed by atoms with Gasteiger partial charge in [-0.15, -0.1) is 0 Å². The van der Waals surface area contributed by atoms with E-state index in [0.717, 1.165) is 31.6 Å². The largest absolute Gasteiger partial charge is 0.319 e. The van der Waals surface area contributed by atoms with Crippen molar-refractivity contribution in [2.75, 3.05) is 13.6 Å². The average Bonchev–Trinajstić information content (AvgIpc) is 2.72. The second-order valence-corrected chi connectivity index (χ2v) is 5.33. The summed E-state index contributed by atoms with van der Waals surface area (Å²) in [7, 11) is 1.99. The molecule has 0 saturated carbocycles. The second kappa shape index (κ2) is 6.71. The van der Waals surface area contributed by atoms with E-state index in [2.05, 4.69) is 60.1 Å². The van der Waals surface area contributed by atoms with Gasteiger partial charge >= 0.3 is 0 Å². The first-order valence-corrected chi connectivity index (χ1v) is 7.41. The van der Waals surface area contributed by atoms with E-state index in [4.69, 9.17) is 0 Å². The first-order valence-electron chi connectivity index (χ1n) is 7.41. The molecule has 20 heavy (non-hydrogen) atoms. The van der Waals surface area contributed by atoms with Crippen LogP contribution in [0.4, 0.5) is 0 Å². The fourth-order valence-corrected chi connectivity index (χ4v) is 2.65. The lowest BCUT2D eigenvalue weighted by Gasteiger charge is -2.07. The molecule has 0 amide bonds. The Hall–Kier alpha value is -1.61. The van der Waals surface area contributed by atoms with Gasteiger partial charge in [-0.1, -0.05) is 31.2 Å². The van der Waals surface area contributed by atoms with Crippen molar-refractivity contribution in [1.29, 1.82) is 0 Å². The van der Waals surface area contributed by atoms with Crippen LogP contribution in [0, 0.1) is 13.8 Å². The Morgan fingerprint density at radius 1 is 1.10 bits per heavy atom. The van der Waals surface area contributed by atoms with Crippen molar-refractivity contribution in [3.05, 3.63) is 52.3 Å². The molecule has 0 aliphatic rings. The first-order chi connectivity index (χ1) is 9.65. The van der Waals surface area contributed by atoms with Gasteiger partial charge in [-0.2, -0.15) is 5.10 Å². The Bertz CT molecular complexity index is 552. The lowest BCUT2D eigenvalue weighted by molar-refractivity contribution is 0.658. The zero-order valence-corrected chi connectivity index (χ0v) is 13.0. The summed E-state index contributed by atoms with van der Waals surface area (Å²) >= 11 is 0. The summed E-state index contributed by atoms with van der Waals surface area (Å²) in [6, 6.07) is 8.87. The number of benzene rings is 1. The summed E-state index contributed by atoms with van der Waals surface area (Å²) in [6.45, 7) is 8.34. The van der Waals surface area contributed by atoms with Crippen molar-refractivity contribution in [3.8, 4) is 0 Å². The van der Waals surface area contributed by atoms with Crippen LogP contribution in [0.1, 0.15) is 35.0 Å². The summed E-state index contributed by atoms with van der Waals surface area (Å²) in [5.41, 5.74) is 6.53. The molecule has 1 N–H and O–H groups in total. The van der Waals surface area contributed by atoms with E-state index in [1.165, 1.54) is 22.4 Å². The molecule has 0 saturated heterocycles. The van der Waals surface area contributed by atoms with Crippen LogP contribution >= 0.6 is 0 Å². The third-order valence-electron chi connectivity index (χ3n) is 3.90. The van der Waals surface area contributed by atoms with Crippen molar-refractivity contribution < 1.29 is 0 Å². The van der Waals surface area contributed by atoms with Gasteiger partial charge in [0.15, 0.2) is 0 Å². The molecule has 2 rings (SSSR count). The molecule has 0 aliphatic heterocycles. The maximum atomic E-state index is 4.65. The van der Waals surface area contributed by atoms with Crippen LogP contribution in [0.15, 0.2) is 24.3 Å². The van der Waals surface area contributed by atoms with Crippen LogP contribution in [-0.2, 0) is 19.4 Å². The van der Waals surface area contributed by atoms with Crippen molar-refractivity contribution in [2.45, 2.75) is 40.2 Å². The van der Waals surface area contributed by atoms with Crippen molar-refractivity contribution >= 4 is 0 Å². The van der Waals surface area contributed by atoms with E-state index in [0.29, 0.717) is 0 Å². The third-order valence-corrected chi connectivity index (χ3v) is 3.90. The van der Waals surface area contributed by atoms with Gasteiger partial charge < -0.3 is 5.32 Å². The molecule has 2 aromatic rings. The highest BCUT2D eigenvalue weighted by molar-refractivity contribution is 5.27. The minimum atomic E-state index is 0.860. The topological polar surface area (TPSA) is 29.9 Å². The molecule has 1 aromatic heterocycles. The molecule has 0 atom stereocenters. The summed E-state index contributed by atoms with van der Waals surface area (Å²) in [5, 5.41) is 7.83. The number of rotatable bonds is 6. The van der Waals surface area contributed by atoms with Gasteiger partial charge in [0.05, 0.1) is 12.2 Å². The van der Waals surface area contributed by atoms with Crippen LogP contribution in [0.3, 0.4) is 0 Å². The molecule has 0 fully saturated rings. The highest BCUT2D eigenvalue weighted by Crippen LogP contribution is 2.15. The predicted molar refractivity (Wildman–Crippen MR) is 84.3 cm³/mol. The van der Waals surface area contributed by atoms with E-state index in [9.17, 15) is 0 Å². The maximum Gasteiger partial charge on any atom is 0.0662 e. The number of hydrogen-bond donors (Lipinski definition) is 1. The van der Waals surface area contributed by atoms with Gasteiger partial charge in [-0.05, 0) is 57.0 Å². The third kappa shape index (κ3) is 3.28. The van der Waals surface area contributed by atoms with Gasteiger partial charge in [0.1, 0.15) is 0 Å². The highest BCUT2D eigenvalue weighted by Gasteiger charge is 2.09. The lowest BCUT2D eigenvalue weighted by Crippen LogP contribution is -2.10.